The molecule has 3 rings (SSSR count). The second kappa shape index (κ2) is 8.34. The lowest BCUT2D eigenvalue weighted by Crippen LogP contribution is -2.39. The average Bonchev–Trinajstić information content (AvgIpc) is 3.21. The van der Waals surface area contributed by atoms with Crippen LogP contribution in [0.1, 0.15) is 31.9 Å². The van der Waals surface area contributed by atoms with Gasteiger partial charge in [-0.15, -0.1) is 0 Å². The van der Waals surface area contributed by atoms with Crippen molar-refractivity contribution in [3.8, 4) is 11.4 Å². The highest BCUT2D eigenvalue weighted by atomic mass is 16.5. The summed E-state index contributed by atoms with van der Waals surface area (Å²) < 4.78 is 7.75. The number of hydrogen-bond acceptors (Lipinski definition) is 3. The van der Waals surface area contributed by atoms with Gasteiger partial charge in [0.25, 0.3) is 5.91 Å². The zero-order valence-electron chi connectivity index (χ0n) is 15.0. The van der Waals surface area contributed by atoms with Gasteiger partial charge in [-0.1, -0.05) is 37.3 Å². The van der Waals surface area contributed by atoms with E-state index >= 15 is 0 Å². The summed E-state index contributed by atoms with van der Waals surface area (Å²) in [5.41, 5.74) is 2.07. The summed E-state index contributed by atoms with van der Waals surface area (Å²) in [6.45, 7) is 3.91. The maximum Gasteiger partial charge on any atom is 0.261 e. The molecule has 0 radical (unpaired) electrons. The Bertz CT molecular complexity index is 814. The number of carbonyl (C=O) groups excluding carboxylic acids is 1. The molecule has 0 spiro atoms. The summed E-state index contributed by atoms with van der Waals surface area (Å²) in [5, 5.41) is 3.04. The zero-order chi connectivity index (χ0) is 18.4. The second-order valence-corrected chi connectivity index (χ2v) is 6.12. The molecule has 2 aromatic carbocycles. The Balaban J connectivity index is 1.62. The first kappa shape index (κ1) is 17.7. The molecular formula is C21H23N3O2. The third-order valence-corrected chi connectivity index (χ3v) is 4.24. The number of para-hydroxylation sites is 1. The van der Waals surface area contributed by atoms with Gasteiger partial charge in [-0.05, 0) is 43.2 Å². The molecule has 1 heterocycles. The molecule has 0 aliphatic rings. The Morgan fingerprint density at radius 2 is 1.88 bits per heavy atom. The molecule has 0 aliphatic carbocycles. The molecule has 1 N–H and O–H groups in total. The molecule has 3 aromatic rings. The predicted molar refractivity (Wildman–Crippen MR) is 101 cm³/mol. The van der Waals surface area contributed by atoms with Crippen LogP contribution in [-0.2, 0) is 4.79 Å². The molecule has 1 amide bonds. The van der Waals surface area contributed by atoms with Crippen molar-refractivity contribution in [2.75, 3.05) is 0 Å². The van der Waals surface area contributed by atoms with Crippen molar-refractivity contribution < 1.29 is 9.53 Å². The maximum absolute atomic E-state index is 12.6. The summed E-state index contributed by atoms with van der Waals surface area (Å²) in [6, 6.07) is 17.4. The van der Waals surface area contributed by atoms with Crippen LogP contribution in [0.5, 0.6) is 5.75 Å². The van der Waals surface area contributed by atoms with E-state index in [1.54, 1.807) is 12.5 Å². The van der Waals surface area contributed by atoms with Crippen LogP contribution in [-0.4, -0.2) is 21.6 Å². The molecule has 0 fully saturated rings. The van der Waals surface area contributed by atoms with Crippen LogP contribution in [0.2, 0.25) is 0 Å². The lowest BCUT2D eigenvalue weighted by Gasteiger charge is -2.21. The SMILES string of the molecule is CC[C@H](Oc1ccccc1)C(=O)N[C@@H](C)c1ccc(-n2ccnc2)cc1. The van der Waals surface area contributed by atoms with E-state index in [0.717, 1.165) is 11.3 Å². The number of nitrogens with one attached hydrogen (secondary N) is 1. The number of imidazole rings is 1. The van der Waals surface area contributed by atoms with Gasteiger partial charge in [0.15, 0.2) is 6.10 Å². The highest BCUT2D eigenvalue weighted by molar-refractivity contribution is 5.81. The van der Waals surface area contributed by atoms with Gasteiger partial charge in [0, 0.05) is 18.1 Å². The summed E-state index contributed by atoms with van der Waals surface area (Å²) >= 11 is 0. The lowest BCUT2D eigenvalue weighted by molar-refractivity contribution is -0.128. The maximum atomic E-state index is 12.6. The van der Waals surface area contributed by atoms with Crippen molar-refractivity contribution >= 4 is 5.91 Å². The van der Waals surface area contributed by atoms with Crippen molar-refractivity contribution in [1.29, 1.82) is 0 Å². The van der Waals surface area contributed by atoms with E-state index in [1.165, 1.54) is 0 Å². The molecule has 0 saturated carbocycles. The van der Waals surface area contributed by atoms with Crippen LogP contribution in [0.4, 0.5) is 0 Å². The highest BCUT2D eigenvalue weighted by Gasteiger charge is 2.20. The number of amides is 1. The Morgan fingerprint density at radius 1 is 1.15 bits per heavy atom. The van der Waals surface area contributed by atoms with Gasteiger partial charge in [0.05, 0.1) is 12.4 Å². The number of hydrogen-bond donors (Lipinski definition) is 1. The number of aromatic nitrogens is 2. The molecule has 0 saturated heterocycles. The standard InChI is InChI=1S/C21H23N3O2/c1-3-20(26-19-7-5-4-6-8-19)21(25)23-16(2)17-9-11-18(12-10-17)24-14-13-22-15-24/h4-16,20H,3H2,1-2H3,(H,23,25)/t16-,20-/m0/s1. The molecule has 0 aliphatic heterocycles. The number of benzene rings is 2. The minimum atomic E-state index is -0.509. The molecule has 0 bridgehead atoms. The normalized spacial score (nSPS) is 13.0. The summed E-state index contributed by atoms with van der Waals surface area (Å²) in [6.07, 6.45) is 5.49. The smallest absolute Gasteiger partial charge is 0.261 e. The minimum Gasteiger partial charge on any atom is -0.481 e. The first-order chi connectivity index (χ1) is 12.7. The first-order valence-corrected chi connectivity index (χ1v) is 8.77. The van der Waals surface area contributed by atoms with Crippen molar-refractivity contribution in [2.45, 2.75) is 32.4 Å². The monoisotopic (exact) mass is 349 g/mol. The Morgan fingerprint density at radius 3 is 2.50 bits per heavy atom. The fourth-order valence-corrected chi connectivity index (χ4v) is 2.72. The number of carbonyl (C=O) groups is 1. The van der Waals surface area contributed by atoms with Gasteiger partial charge in [0.2, 0.25) is 0 Å². The van der Waals surface area contributed by atoms with E-state index in [4.69, 9.17) is 4.74 Å². The molecule has 2 atom stereocenters. The van der Waals surface area contributed by atoms with Crippen molar-refractivity contribution in [3.63, 3.8) is 0 Å². The quantitative estimate of drug-likeness (QED) is 0.704. The first-order valence-electron chi connectivity index (χ1n) is 8.77. The topological polar surface area (TPSA) is 56.1 Å². The highest BCUT2D eigenvalue weighted by Crippen LogP contribution is 2.17. The largest absolute Gasteiger partial charge is 0.481 e. The fraction of sp³-hybridized carbons (Fsp3) is 0.238. The van der Waals surface area contributed by atoms with Crippen LogP contribution in [0.25, 0.3) is 5.69 Å². The summed E-state index contributed by atoms with van der Waals surface area (Å²) in [7, 11) is 0. The van der Waals surface area contributed by atoms with Gasteiger partial charge >= 0.3 is 0 Å². The third-order valence-electron chi connectivity index (χ3n) is 4.24. The van der Waals surface area contributed by atoms with Crippen molar-refractivity contribution in [2.24, 2.45) is 0 Å². The van der Waals surface area contributed by atoms with E-state index in [1.807, 2.05) is 79.2 Å². The molecular weight excluding hydrogens is 326 g/mol. The summed E-state index contributed by atoms with van der Waals surface area (Å²) in [4.78, 5) is 16.6. The average molecular weight is 349 g/mol. The fourth-order valence-electron chi connectivity index (χ4n) is 2.72. The molecule has 1 aromatic heterocycles. The van der Waals surface area contributed by atoms with Gasteiger partial charge in [0.1, 0.15) is 5.75 Å². The van der Waals surface area contributed by atoms with Crippen LogP contribution in [0.3, 0.4) is 0 Å². The van der Waals surface area contributed by atoms with Gasteiger partial charge in [-0.2, -0.15) is 0 Å². The van der Waals surface area contributed by atoms with E-state index in [2.05, 4.69) is 10.3 Å². The number of rotatable bonds is 7. The van der Waals surface area contributed by atoms with Crippen LogP contribution in [0.15, 0.2) is 73.3 Å². The third kappa shape index (κ3) is 4.30. The zero-order valence-corrected chi connectivity index (χ0v) is 15.0. The Kier molecular flexibility index (Phi) is 5.69. The molecule has 26 heavy (non-hydrogen) atoms. The van der Waals surface area contributed by atoms with E-state index in [0.29, 0.717) is 12.2 Å². The van der Waals surface area contributed by atoms with Crippen molar-refractivity contribution in [1.82, 2.24) is 14.9 Å². The van der Waals surface area contributed by atoms with Crippen molar-refractivity contribution in [3.05, 3.63) is 78.9 Å². The molecule has 5 nitrogen and oxygen atoms in total. The van der Waals surface area contributed by atoms with Crippen LogP contribution < -0.4 is 10.1 Å². The summed E-state index contributed by atoms with van der Waals surface area (Å²) in [5.74, 6) is 0.592. The second-order valence-electron chi connectivity index (χ2n) is 6.12. The van der Waals surface area contributed by atoms with Gasteiger partial charge in [-0.25, -0.2) is 4.98 Å². The predicted octanol–water partition coefficient (Wildman–Crippen LogP) is 3.91. The lowest BCUT2D eigenvalue weighted by atomic mass is 10.1. The van der Waals surface area contributed by atoms with E-state index in [9.17, 15) is 4.79 Å². The van der Waals surface area contributed by atoms with Crippen LogP contribution in [0, 0.1) is 0 Å². The van der Waals surface area contributed by atoms with Crippen LogP contribution >= 0.6 is 0 Å². The number of ether oxygens (including phenoxy) is 1. The van der Waals surface area contributed by atoms with E-state index in [-0.39, 0.29) is 11.9 Å². The van der Waals surface area contributed by atoms with Gasteiger partial charge in [-0.3, -0.25) is 4.79 Å². The molecule has 0 unspecified atom stereocenters. The minimum absolute atomic E-state index is 0.104. The molecule has 134 valence electrons. The Hall–Kier alpha value is -3.08. The number of nitrogens with zero attached hydrogens (tertiary/aromatic N) is 2. The van der Waals surface area contributed by atoms with Gasteiger partial charge < -0.3 is 14.6 Å². The van der Waals surface area contributed by atoms with E-state index < -0.39 is 6.10 Å². The molecule has 5 heteroatoms. The Labute approximate surface area is 153 Å².